The topological polar surface area (TPSA) is 38.1 Å². The van der Waals surface area contributed by atoms with Crippen LogP contribution in [0.4, 0.5) is 18.9 Å². The first-order valence-corrected chi connectivity index (χ1v) is 9.32. The lowest BCUT2D eigenvalue weighted by atomic mass is 9.93. The maximum absolute atomic E-state index is 13.4. The summed E-state index contributed by atoms with van der Waals surface area (Å²) in [5.41, 5.74) is 2.11. The zero-order chi connectivity index (χ0) is 20.9. The molecule has 0 fully saturated rings. The molecule has 0 aliphatic carbocycles. The van der Waals surface area contributed by atoms with Crippen molar-refractivity contribution in [1.29, 1.82) is 0 Å². The second-order valence-electron chi connectivity index (χ2n) is 7.46. The molecule has 0 radical (unpaired) electrons. The number of alkyl halides is 3. The summed E-state index contributed by atoms with van der Waals surface area (Å²) in [7, 11) is 1.69. The quantitative estimate of drug-likeness (QED) is 0.598. The molecule has 1 amide bonds. The van der Waals surface area contributed by atoms with E-state index < -0.39 is 17.8 Å². The number of aryl methyl sites for hydroxylation is 1. The van der Waals surface area contributed by atoms with Crippen molar-refractivity contribution in [2.45, 2.75) is 32.0 Å². The van der Waals surface area contributed by atoms with Gasteiger partial charge in [-0.3, -0.25) is 14.4 Å². The number of nitrogens with zero attached hydrogens (tertiary/aromatic N) is 3. The van der Waals surface area contributed by atoms with E-state index in [0.29, 0.717) is 22.5 Å². The third-order valence-corrected chi connectivity index (χ3v) is 5.18. The van der Waals surface area contributed by atoms with E-state index in [2.05, 4.69) is 5.10 Å². The summed E-state index contributed by atoms with van der Waals surface area (Å²) >= 11 is 0. The van der Waals surface area contributed by atoms with Crippen LogP contribution in [0, 0.1) is 0 Å². The number of amides is 1. The molecule has 4 nitrogen and oxygen atoms in total. The molecule has 0 spiro atoms. The van der Waals surface area contributed by atoms with Crippen molar-refractivity contribution in [3.8, 4) is 0 Å². The van der Waals surface area contributed by atoms with Crippen LogP contribution in [0.15, 0.2) is 54.6 Å². The van der Waals surface area contributed by atoms with Gasteiger partial charge in [0.25, 0.3) is 5.91 Å². The Morgan fingerprint density at radius 1 is 1.03 bits per heavy atom. The minimum Gasteiger partial charge on any atom is -0.295 e. The molecule has 0 bridgehead atoms. The van der Waals surface area contributed by atoms with Crippen molar-refractivity contribution in [1.82, 2.24) is 9.78 Å². The lowest BCUT2D eigenvalue weighted by Gasteiger charge is -2.27. The molecule has 150 valence electrons. The highest BCUT2D eigenvalue weighted by atomic mass is 19.4. The van der Waals surface area contributed by atoms with Gasteiger partial charge in [-0.1, -0.05) is 44.2 Å². The molecule has 4 rings (SSSR count). The summed E-state index contributed by atoms with van der Waals surface area (Å²) in [5.74, 6) is -0.253. The van der Waals surface area contributed by atoms with E-state index in [-0.39, 0.29) is 11.8 Å². The average Bonchev–Trinajstić information content (AvgIpc) is 3.17. The zero-order valence-corrected chi connectivity index (χ0v) is 16.2. The maximum Gasteiger partial charge on any atom is 0.416 e. The second kappa shape index (κ2) is 6.76. The summed E-state index contributed by atoms with van der Waals surface area (Å²) in [6.45, 7) is 3.92. The predicted octanol–water partition coefficient (Wildman–Crippen LogP) is 5.31. The van der Waals surface area contributed by atoms with Crippen LogP contribution in [0.1, 0.15) is 58.7 Å². The maximum atomic E-state index is 13.4. The Kier molecular flexibility index (Phi) is 4.48. The molecule has 29 heavy (non-hydrogen) atoms. The van der Waals surface area contributed by atoms with Crippen molar-refractivity contribution in [3.05, 3.63) is 82.7 Å². The van der Waals surface area contributed by atoms with Gasteiger partial charge in [0.05, 0.1) is 17.3 Å². The molecule has 1 aliphatic heterocycles. The first kappa shape index (κ1) is 19.2. The Bertz CT molecular complexity index is 1070. The molecule has 1 unspecified atom stereocenters. The van der Waals surface area contributed by atoms with Gasteiger partial charge in [0, 0.05) is 18.3 Å². The first-order chi connectivity index (χ1) is 13.7. The number of benzene rings is 2. The van der Waals surface area contributed by atoms with Gasteiger partial charge >= 0.3 is 6.18 Å². The van der Waals surface area contributed by atoms with Gasteiger partial charge in [-0.25, -0.2) is 0 Å². The molecule has 2 heterocycles. The minimum absolute atomic E-state index is 0.0155. The van der Waals surface area contributed by atoms with Gasteiger partial charge in [-0.15, -0.1) is 0 Å². The highest BCUT2D eigenvalue weighted by Gasteiger charge is 2.44. The van der Waals surface area contributed by atoms with Crippen LogP contribution >= 0.6 is 0 Å². The molecule has 0 saturated carbocycles. The Balaban J connectivity index is 1.97. The van der Waals surface area contributed by atoms with E-state index in [4.69, 9.17) is 0 Å². The molecule has 0 saturated heterocycles. The molecular formula is C22H20F3N3O. The van der Waals surface area contributed by atoms with Gasteiger partial charge in [0.15, 0.2) is 0 Å². The number of carbonyl (C=O) groups is 1. The molecule has 1 atom stereocenters. The molecule has 2 aromatic carbocycles. The predicted molar refractivity (Wildman–Crippen MR) is 104 cm³/mol. The van der Waals surface area contributed by atoms with Crippen LogP contribution in [0.2, 0.25) is 0 Å². The van der Waals surface area contributed by atoms with Gasteiger partial charge in [-0.05, 0) is 35.7 Å². The lowest BCUT2D eigenvalue weighted by Crippen LogP contribution is -2.30. The number of hydrogen-bond donors (Lipinski definition) is 0. The fraction of sp³-hybridized carbons (Fsp3) is 0.273. The van der Waals surface area contributed by atoms with Crippen molar-refractivity contribution >= 4 is 11.6 Å². The number of para-hydroxylation sites is 1. The Morgan fingerprint density at radius 2 is 1.72 bits per heavy atom. The summed E-state index contributed by atoms with van der Waals surface area (Å²) in [6.07, 6.45) is -4.46. The van der Waals surface area contributed by atoms with E-state index >= 15 is 0 Å². The zero-order valence-electron chi connectivity index (χ0n) is 16.2. The van der Waals surface area contributed by atoms with Crippen LogP contribution < -0.4 is 4.90 Å². The standard InChI is InChI=1S/C22H20F3N3O/c1-13(2)18-17-19(14-8-7-9-15(12-14)22(23,24)25)28(16-10-5-4-6-11-16)21(29)20(17)27(3)26-18/h4-13,19H,1-3H3. The fourth-order valence-electron chi connectivity index (χ4n) is 3.93. The van der Waals surface area contributed by atoms with Crippen LogP contribution in [0.3, 0.4) is 0 Å². The van der Waals surface area contributed by atoms with Crippen LogP contribution in [-0.4, -0.2) is 15.7 Å². The smallest absolute Gasteiger partial charge is 0.295 e. The number of hydrogen-bond acceptors (Lipinski definition) is 2. The highest BCUT2D eigenvalue weighted by Crippen LogP contribution is 2.45. The molecule has 3 aromatic rings. The van der Waals surface area contributed by atoms with Crippen LogP contribution in [0.25, 0.3) is 0 Å². The monoisotopic (exact) mass is 399 g/mol. The van der Waals surface area contributed by atoms with Gasteiger partial charge in [-0.2, -0.15) is 18.3 Å². The van der Waals surface area contributed by atoms with E-state index in [9.17, 15) is 18.0 Å². The van der Waals surface area contributed by atoms with Gasteiger partial charge in [0.2, 0.25) is 0 Å². The number of carbonyl (C=O) groups excluding carboxylic acids is 1. The summed E-state index contributed by atoms with van der Waals surface area (Å²) < 4.78 is 41.6. The molecule has 1 aliphatic rings. The normalized spacial score (nSPS) is 16.6. The minimum atomic E-state index is -4.46. The SMILES string of the molecule is CC(C)c1nn(C)c2c1C(c1cccc(C(F)(F)F)c1)N(c1ccccc1)C2=O. The largest absolute Gasteiger partial charge is 0.416 e. The second-order valence-corrected chi connectivity index (χ2v) is 7.46. The molecule has 0 N–H and O–H groups in total. The van der Waals surface area contributed by atoms with E-state index in [1.165, 1.54) is 10.7 Å². The van der Waals surface area contributed by atoms with E-state index in [1.807, 2.05) is 19.9 Å². The van der Waals surface area contributed by atoms with Gasteiger partial charge < -0.3 is 0 Å². The first-order valence-electron chi connectivity index (χ1n) is 9.32. The number of halogens is 3. The molecular weight excluding hydrogens is 379 g/mol. The number of rotatable bonds is 3. The Hall–Kier alpha value is -3.09. The van der Waals surface area contributed by atoms with Crippen molar-refractivity contribution in [2.24, 2.45) is 7.05 Å². The lowest BCUT2D eigenvalue weighted by molar-refractivity contribution is -0.137. The Labute approximate surface area is 166 Å². The number of fused-ring (bicyclic) bond motifs is 1. The van der Waals surface area contributed by atoms with Crippen molar-refractivity contribution in [2.75, 3.05) is 4.90 Å². The average molecular weight is 399 g/mol. The summed E-state index contributed by atoms with van der Waals surface area (Å²) in [5, 5.41) is 4.50. The van der Waals surface area contributed by atoms with Crippen LogP contribution in [0.5, 0.6) is 0 Å². The van der Waals surface area contributed by atoms with Crippen molar-refractivity contribution in [3.63, 3.8) is 0 Å². The van der Waals surface area contributed by atoms with E-state index in [1.54, 1.807) is 42.3 Å². The third-order valence-electron chi connectivity index (χ3n) is 5.18. The third kappa shape index (κ3) is 3.10. The number of aromatic nitrogens is 2. The molecule has 7 heteroatoms. The fourth-order valence-corrected chi connectivity index (χ4v) is 3.93. The summed E-state index contributed by atoms with van der Waals surface area (Å²) in [6, 6.07) is 13.5. The highest BCUT2D eigenvalue weighted by molar-refractivity contribution is 6.11. The number of anilines is 1. The van der Waals surface area contributed by atoms with Crippen LogP contribution in [-0.2, 0) is 13.2 Å². The van der Waals surface area contributed by atoms with E-state index in [0.717, 1.165) is 17.8 Å². The molecule has 1 aromatic heterocycles. The van der Waals surface area contributed by atoms with Crippen molar-refractivity contribution < 1.29 is 18.0 Å². The summed E-state index contributed by atoms with van der Waals surface area (Å²) in [4.78, 5) is 14.9. The van der Waals surface area contributed by atoms with Gasteiger partial charge in [0.1, 0.15) is 5.69 Å². The Morgan fingerprint density at radius 3 is 2.34 bits per heavy atom.